The van der Waals surface area contributed by atoms with Gasteiger partial charge in [-0.1, -0.05) is 18.2 Å². The van der Waals surface area contributed by atoms with Gasteiger partial charge in [0.1, 0.15) is 5.75 Å². The third-order valence-corrected chi connectivity index (χ3v) is 3.85. The van der Waals surface area contributed by atoms with Gasteiger partial charge in [-0.25, -0.2) is 0 Å². The molecule has 1 aliphatic rings. The maximum absolute atomic E-state index is 12.6. The van der Waals surface area contributed by atoms with Crippen molar-refractivity contribution in [3.05, 3.63) is 49.6 Å². The number of nitrogens with zero attached hydrogens (tertiary/aromatic N) is 2. The van der Waals surface area contributed by atoms with Gasteiger partial charge < -0.3 is 14.5 Å². The van der Waals surface area contributed by atoms with Crippen molar-refractivity contribution in [3.63, 3.8) is 0 Å². The molecule has 1 aromatic rings. The van der Waals surface area contributed by atoms with Crippen LogP contribution in [0.15, 0.2) is 49.6 Å². The fourth-order valence-electron chi connectivity index (χ4n) is 2.73. The van der Waals surface area contributed by atoms with E-state index in [1.54, 1.807) is 35.1 Å². The summed E-state index contributed by atoms with van der Waals surface area (Å²) in [4.78, 5) is 28.2. The molecule has 0 radical (unpaired) electrons. The number of carbonyl (C=O) groups excluding carboxylic acids is 2. The van der Waals surface area contributed by atoms with Gasteiger partial charge in [0.05, 0.1) is 13.0 Å². The molecule has 1 heterocycles. The number of methoxy groups -OCH3 is 1. The van der Waals surface area contributed by atoms with Crippen LogP contribution in [0.2, 0.25) is 0 Å². The minimum absolute atomic E-state index is 0.0384. The number of rotatable bonds is 7. The Morgan fingerprint density at radius 1 is 1.39 bits per heavy atom. The molecule has 0 spiro atoms. The van der Waals surface area contributed by atoms with Gasteiger partial charge in [-0.3, -0.25) is 9.59 Å². The average molecular weight is 314 g/mol. The highest BCUT2D eigenvalue weighted by Crippen LogP contribution is 2.28. The Hall–Kier alpha value is -2.56. The van der Waals surface area contributed by atoms with Crippen LogP contribution in [0, 0.1) is 5.92 Å². The van der Waals surface area contributed by atoms with Crippen LogP contribution >= 0.6 is 0 Å². The monoisotopic (exact) mass is 314 g/mol. The van der Waals surface area contributed by atoms with Gasteiger partial charge in [0.25, 0.3) is 0 Å². The normalized spacial score (nSPS) is 17.0. The zero-order valence-electron chi connectivity index (χ0n) is 13.4. The first-order chi connectivity index (χ1) is 11.1. The van der Waals surface area contributed by atoms with Gasteiger partial charge in [0.15, 0.2) is 0 Å². The van der Waals surface area contributed by atoms with Crippen molar-refractivity contribution >= 4 is 17.5 Å². The summed E-state index contributed by atoms with van der Waals surface area (Å²) >= 11 is 0. The molecule has 0 saturated carbocycles. The van der Waals surface area contributed by atoms with E-state index in [0.717, 1.165) is 5.69 Å². The summed E-state index contributed by atoms with van der Waals surface area (Å²) in [6.07, 6.45) is 3.58. The first-order valence-electron chi connectivity index (χ1n) is 7.55. The second-order valence-corrected chi connectivity index (χ2v) is 5.43. The van der Waals surface area contributed by atoms with Crippen molar-refractivity contribution < 1.29 is 14.3 Å². The minimum Gasteiger partial charge on any atom is -0.497 e. The van der Waals surface area contributed by atoms with Crippen molar-refractivity contribution in [2.24, 2.45) is 5.92 Å². The third kappa shape index (κ3) is 3.80. The molecule has 5 heteroatoms. The highest BCUT2D eigenvalue weighted by Gasteiger charge is 2.36. The van der Waals surface area contributed by atoms with Crippen LogP contribution in [0.4, 0.5) is 5.69 Å². The van der Waals surface area contributed by atoms with Gasteiger partial charge in [0, 0.05) is 37.8 Å². The number of benzene rings is 1. The van der Waals surface area contributed by atoms with Gasteiger partial charge in [0.2, 0.25) is 11.8 Å². The molecule has 0 unspecified atom stereocenters. The second kappa shape index (κ2) is 7.63. The van der Waals surface area contributed by atoms with E-state index < -0.39 is 0 Å². The molecular formula is C18H22N2O3. The first-order valence-corrected chi connectivity index (χ1v) is 7.55. The Kier molecular flexibility index (Phi) is 5.57. The van der Waals surface area contributed by atoms with Gasteiger partial charge in [-0.15, -0.1) is 13.2 Å². The molecular weight excluding hydrogens is 292 g/mol. The number of anilines is 1. The Morgan fingerprint density at radius 2 is 2.09 bits per heavy atom. The highest BCUT2D eigenvalue weighted by atomic mass is 16.5. The molecule has 1 atom stereocenters. The van der Waals surface area contributed by atoms with Crippen LogP contribution in [0.25, 0.3) is 0 Å². The molecule has 0 aromatic heterocycles. The summed E-state index contributed by atoms with van der Waals surface area (Å²) in [5, 5.41) is 0. The van der Waals surface area contributed by atoms with Crippen LogP contribution in [0.3, 0.4) is 0 Å². The molecule has 1 fully saturated rings. The second-order valence-electron chi connectivity index (χ2n) is 5.43. The molecule has 0 aliphatic carbocycles. The Bertz CT molecular complexity index is 602. The third-order valence-electron chi connectivity index (χ3n) is 3.85. The SMILES string of the molecule is C=CCN(CC=C)C(=O)[C@H]1CC(=O)N(c2cccc(OC)c2)C1. The summed E-state index contributed by atoms with van der Waals surface area (Å²) in [7, 11) is 1.58. The van der Waals surface area contributed by atoms with E-state index in [9.17, 15) is 9.59 Å². The van der Waals surface area contributed by atoms with E-state index in [1.165, 1.54) is 0 Å². The van der Waals surface area contributed by atoms with Crippen LogP contribution in [0.1, 0.15) is 6.42 Å². The number of ether oxygens (including phenoxy) is 1. The van der Waals surface area contributed by atoms with Gasteiger partial charge in [-0.05, 0) is 12.1 Å². The Morgan fingerprint density at radius 3 is 2.70 bits per heavy atom. The number of amides is 2. The fraction of sp³-hybridized carbons (Fsp3) is 0.333. The topological polar surface area (TPSA) is 49.9 Å². The van der Waals surface area contributed by atoms with Crippen LogP contribution in [-0.2, 0) is 9.59 Å². The summed E-state index contributed by atoms with van der Waals surface area (Å²) < 4.78 is 5.19. The minimum atomic E-state index is -0.339. The van der Waals surface area contributed by atoms with Crippen molar-refractivity contribution in [2.75, 3.05) is 31.6 Å². The summed E-state index contributed by atoms with van der Waals surface area (Å²) in [6.45, 7) is 8.63. The summed E-state index contributed by atoms with van der Waals surface area (Å²) in [5.41, 5.74) is 0.753. The smallest absolute Gasteiger partial charge is 0.228 e. The number of hydrogen-bond acceptors (Lipinski definition) is 3. The zero-order chi connectivity index (χ0) is 16.8. The lowest BCUT2D eigenvalue weighted by molar-refractivity contribution is -0.134. The highest BCUT2D eigenvalue weighted by molar-refractivity contribution is 6.00. The molecule has 1 aromatic carbocycles. The number of carbonyl (C=O) groups is 2. The predicted octanol–water partition coefficient (Wildman–Crippen LogP) is 2.25. The summed E-state index contributed by atoms with van der Waals surface area (Å²) in [5.74, 6) is 0.260. The molecule has 2 rings (SSSR count). The Balaban J connectivity index is 2.13. The van der Waals surface area contributed by atoms with Gasteiger partial charge >= 0.3 is 0 Å². The van der Waals surface area contributed by atoms with E-state index in [2.05, 4.69) is 13.2 Å². The standard InChI is InChI=1S/C18H22N2O3/c1-4-9-19(10-5-2)18(22)14-11-17(21)20(13-14)15-7-6-8-16(12-15)23-3/h4-8,12,14H,1-2,9-11,13H2,3H3/t14-/m0/s1. The zero-order valence-corrected chi connectivity index (χ0v) is 13.4. The van der Waals surface area contributed by atoms with Crippen molar-refractivity contribution in [1.82, 2.24) is 4.90 Å². The molecule has 1 saturated heterocycles. The molecule has 122 valence electrons. The molecule has 5 nitrogen and oxygen atoms in total. The molecule has 2 amide bonds. The molecule has 23 heavy (non-hydrogen) atoms. The van der Waals surface area contributed by atoms with Crippen molar-refractivity contribution in [3.8, 4) is 5.75 Å². The largest absolute Gasteiger partial charge is 0.497 e. The van der Waals surface area contributed by atoms with E-state index in [-0.39, 0.29) is 24.2 Å². The molecule has 1 aliphatic heterocycles. The summed E-state index contributed by atoms with van der Waals surface area (Å²) in [6, 6.07) is 7.30. The predicted molar refractivity (Wildman–Crippen MR) is 90.4 cm³/mol. The maximum atomic E-state index is 12.6. The molecule has 0 bridgehead atoms. The lowest BCUT2D eigenvalue weighted by atomic mass is 10.1. The maximum Gasteiger partial charge on any atom is 0.228 e. The van der Waals surface area contributed by atoms with E-state index in [4.69, 9.17) is 4.74 Å². The lowest BCUT2D eigenvalue weighted by Crippen LogP contribution is -2.37. The van der Waals surface area contributed by atoms with E-state index in [0.29, 0.717) is 25.4 Å². The average Bonchev–Trinajstić information content (AvgIpc) is 2.96. The van der Waals surface area contributed by atoms with Crippen LogP contribution in [-0.4, -0.2) is 43.5 Å². The van der Waals surface area contributed by atoms with Crippen LogP contribution < -0.4 is 9.64 Å². The van der Waals surface area contributed by atoms with E-state index >= 15 is 0 Å². The molecule has 0 N–H and O–H groups in total. The van der Waals surface area contributed by atoms with E-state index in [1.807, 2.05) is 18.2 Å². The number of hydrogen-bond donors (Lipinski definition) is 0. The quantitative estimate of drug-likeness (QED) is 0.725. The van der Waals surface area contributed by atoms with Crippen LogP contribution in [0.5, 0.6) is 5.75 Å². The van der Waals surface area contributed by atoms with Gasteiger partial charge in [-0.2, -0.15) is 0 Å². The Labute approximate surface area is 136 Å². The first kappa shape index (κ1) is 16.8. The van der Waals surface area contributed by atoms with Crippen molar-refractivity contribution in [1.29, 1.82) is 0 Å². The lowest BCUT2D eigenvalue weighted by Gasteiger charge is -2.23. The fourth-order valence-corrected chi connectivity index (χ4v) is 2.73. The van der Waals surface area contributed by atoms with Crippen molar-refractivity contribution in [2.45, 2.75) is 6.42 Å².